The van der Waals surface area contributed by atoms with E-state index in [1.165, 1.54) is 0 Å². The van der Waals surface area contributed by atoms with Gasteiger partial charge in [0.25, 0.3) is 0 Å². The van der Waals surface area contributed by atoms with Crippen LogP contribution in [0.4, 0.5) is 0 Å². The predicted octanol–water partition coefficient (Wildman–Crippen LogP) is 3.85. The molecule has 1 rings (SSSR count). The first kappa shape index (κ1) is 14.1. The van der Waals surface area contributed by atoms with Gasteiger partial charge >= 0.3 is 0 Å². The second kappa shape index (κ2) is 7.36. The lowest BCUT2D eigenvalue weighted by molar-refractivity contribution is 0.298. The zero-order chi connectivity index (χ0) is 12.7. The van der Waals surface area contributed by atoms with E-state index in [0.717, 1.165) is 35.7 Å². The molecule has 0 unspecified atom stereocenters. The molecular formula is C14H20ClNO. The monoisotopic (exact) mass is 253 g/mol. The molecule has 0 saturated carbocycles. The van der Waals surface area contributed by atoms with Gasteiger partial charge in [-0.1, -0.05) is 25.1 Å². The van der Waals surface area contributed by atoms with E-state index in [2.05, 4.69) is 18.8 Å². The summed E-state index contributed by atoms with van der Waals surface area (Å²) < 4.78 is 5.45. The van der Waals surface area contributed by atoms with E-state index in [0.29, 0.717) is 12.4 Å². The summed E-state index contributed by atoms with van der Waals surface area (Å²) in [5.74, 6) is 0.706. The molecule has 0 fully saturated rings. The second-order valence-electron chi connectivity index (χ2n) is 3.83. The first-order valence-corrected chi connectivity index (χ1v) is 6.38. The lowest BCUT2D eigenvalue weighted by Gasteiger charge is -2.13. The van der Waals surface area contributed by atoms with Crippen LogP contribution >= 0.6 is 11.6 Å². The summed E-state index contributed by atoms with van der Waals surface area (Å²) in [6, 6.07) is 5.79. The van der Waals surface area contributed by atoms with E-state index in [1.54, 1.807) is 0 Å². The van der Waals surface area contributed by atoms with E-state index in [9.17, 15) is 0 Å². The minimum atomic E-state index is 0.628. The quantitative estimate of drug-likeness (QED) is 0.589. The third-order valence-corrected chi connectivity index (χ3v) is 2.66. The zero-order valence-electron chi connectivity index (χ0n) is 10.6. The normalized spacial score (nSPS) is 10.3. The molecule has 0 amide bonds. The summed E-state index contributed by atoms with van der Waals surface area (Å²) in [6.45, 7) is 10.4. The molecule has 0 aliphatic rings. The van der Waals surface area contributed by atoms with Crippen molar-refractivity contribution in [3.05, 3.63) is 40.9 Å². The molecule has 0 radical (unpaired) electrons. The highest BCUT2D eigenvalue weighted by atomic mass is 35.5. The van der Waals surface area contributed by atoms with Gasteiger partial charge in [0, 0.05) is 17.1 Å². The van der Waals surface area contributed by atoms with Gasteiger partial charge < -0.3 is 10.1 Å². The molecule has 0 aliphatic heterocycles. The van der Waals surface area contributed by atoms with Gasteiger partial charge in [-0.05, 0) is 43.7 Å². The molecule has 1 aromatic carbocycles. The number of benzene rings is 1. The van der Waals surface area contributed by atoms with Gasteiger partial charge in [-0.15, -0.1) is 0 Å². The zero-order valence-corrected chi connectivity index (χ0v) is 11.3. The molecule has 3 heteroatoms. The van der Waals surface area contributed by atoms with Crippen LogP contribution in [-0.4, -0.2) is 13.2 Å². The Labute approximate surface area is 109 Å². The van der Waals surface area contributed by atoms with Crippen molar-refractivity contribution >= 4 is 17.4 Å². The van der Waals surface area contributed by atoms with Crippen molar-refractivity contribution in [2.45, 2.75) is 26.8 Å². The van der Waals surface area contributed by atoms with Crippen molar-refractivity contribution in [2.24, 2.45) is 0 Å². The highest BCUT2D eigenvalue weighted by Gasteiger charge is 2.07. The largest absolute Gasteiger partial charge is 0.494 e. The molecule has 17 heavy (non-hydrogen) atoms. The minimum Gasteiger partial charge on any atom is -0.494 e. The van der Waals surface area contributed by atoms with Crippen LogP contribution in [0.15, 0.2) is 24.8 Å². The van der Waals surface area contributed by atoms with Gasteiger partial charge in [0.05, 0.1) is 6.61 Å². The Bertz CT molecular complexity index is 376. The third kappa shape index (κ3) is 4.41. The van der Waals surface area contributed by atoms with Crippen molar-refractivity contribution in [3.63, 3.8) is 0 Å². The fraction of sp³-hybridized carbons (Fsp3) is 0.429. The van der Waals surface area contributed by atoms with Crippen LogP contribution in [0, 0.1) is 0 Å². The van der Waals surface area contributed by atoms with Gasteiger partial charge in [0.15, 0.2) is 0 Å². The third-order valence-electron chi connectivity index (χ3n) is 2.43. The van der Waals surface area contributed by atoms with Gasteiger partial charge in [-0.3, -0.25) is 0 Å². The Balaban J connectivity index is 2.83. The Kier molecular flexibility index (Phi) is 6.09. The molecule has 2 nitrogen and oxygen atoms in total. The Morgan fingerprint density at radius 1 is 1.41 bits per heavy atom. The molecule has 0 saturated heterocycles. The summed E-state index contributed by atoms with van der Waals surface area (Å²) in [5, 5.41) is 4.10. The molecule has 1 aromatic rings. The fourth-order valence-electron chi connectivity index (χ4n) is 1.63. The Morgan fingerprint density at radius 3 is 2.82 bits per heavy atom. The molecule has 94 valence electrons. The number of hydrogen-bond acceptors (Lipinski definition) is 2. The molecule has 0 atom stereocenters. The van der Waals surface area contributed by atoms with Crippen molar-refractivity contribution < 1.29 is 4.74 Å². The summed E-state index contributed by atoms with van der Waals surface area (Å²) >= 11 is 6.01. The SMILES string of the molecule is C=C(OCC)c1ccc(Cl)cc1CNCCC. The van der Waals surface area contributed by atoms with Crippen LogP contribution < -0.4 is 5.32 Å². The maximum absolute atomic E-state index is 6.01. The maximum Gasteiger partial charge on any atom is 0.119 e. The molecule has 0 heterocycles. The molecule has 0 bridgehead atoms. The molecule has 0 aromatic heterocycles. The summed E-state index contributed by atoms with van der Waals surface area (Å²) in [4.78, 5) is 0. The summed E-state index contributed by atoms with van der Waals surface area (Å²) in [7, 11) is 0. The number of nitrogens with one attached hydrogen (secondary N) is 1. The fourth-order valence-corrected chi connectivity index (χ4v) is 1.83. The highest BCUT2D eigenvalue weighted by Crippen LogP contribution is 2.22. The predicted molar refractivity (Wildman–Crippen MR) is 74.1 cm³/mol. The van der Waals surface area contributed by atoms with E-state index in [-0.39, 0.29) is 0 Å². The van der Waals surface area contributed by atoms with E-state index in [1.807, 2.05) is 25.1 Å². The minimum absolute atomic E-state index is 0.628. The Hall–Kier alpha value is -0.990. The molecule has 1 N–H and O–H groups in total. The van der Waals surface area contributed by atoms with Crippen LogP contribution in [-0.2, 0) is 11.3 Å². The van der Waals surface area contributed by atoms with Crippen LogP contribution in [0.3, 0.4) is 0 Å². The second-order valence-corrected chi connectivity index (χ2v) is 4.27. The van der Waals surface area contributed by atoms with Crippen LogP contribution in [0.2, 0.25) is 5.02 Å². The van der Waals surface area contributed by atoms with Gasteiger partial charge in [-0.25, -0.2) is 0 Å². The number of halogens is 1. The lowest BCUT2D eigenvalue weighted by atomic mass is 10.1. The molecular weight excluding hydrogens is 234 g/mol. The van der Waals surface area contributed by atoms with Gasteiger partial charge in [0.2, 0.25) is 0 Å². The first-order chi connectivity index (χ1) is 8.19. The topological polar surface area (TPSA) is 21.3 Å². The first-order valence-electron chi connectivity index (χ1n) is 6.00. The average molecular weight is 254 g/mol. The van der Waals surface area contributed by atoms with Crippen molar-refractivity contribution in [1.29, 1.82) is 0 Å². The number of rotatable bonds is 7. The average Bonchev–Trinajstić information content (AvgIpc) is 2.30. The van der Waals surface area contributed by atoms with Crippen LogP contribution in [0.25, 0.3) is 5.76 Å². The summed E-state index contributed by atoms with van der Waals surface area (Å²) in [5.41, 5.74) is 2.16. The van der Waals surface area contributed by atoms with Gasteiger partial charge in [-0.2, -0.15) is 0 Å². The summed E-state index contributed by atoms with van der Waals surface area (Å²) in [6.07, 6.45) is 1.11. The van der Waals surface area contributed by atoms with Crippen molar-refractivity contribution in [2.75, 3.05) is 13.2 Å². The smallest absolute Gasteiger partial charge is 0.119 e. The highest BCUT2D eigenvalue weighted by molar-refractivity contribution is 6.30. The van der Waals surface area contributed by atoms with Crippen molar-refractivity contribution in [1.82, 2.24) is 5.32 Å². The number of ether oxygens (including phenoxy) is 1. The molecule has 0 aliphatic carbocycles. The lowest BCUT2D eigenvalue weighted by Crippen LogP contribution is -2.15. The van der Waals surface area contributed by atoms with Gasteiger partial charge in [0.1, 0.15) is 5.76 Å². The van der Waals surface area contributed by atoms with Crippen LogP contribution in [0.1, 0.15) is 31.4 Å². The maximum atomic E-state index is 6.01. The van der Waals surface area contributed by atoms with E-state index in [4.69, 9.17) is 16.3 Å². The molecule has 0 spiro atoms. The number of hydrogen-bond donors (Lipinski definition) is 1. The van der Waals surface area contributed by atoms with Crippen molar-refractivity contribution in [3.8, 4) is 0 Å². The van der Waals surface area contributed by atoms with E-state index >= 15 is 0 Å². The standard InChI is InChI=1S/C14H20ClNO/c1-4-8-16-10-12-9-13(15)6-7-14(12)11(3)17-5-2/h6-7,9,16H,3-5,8,10H2,1-2H3. The van der Waals surface area contributed by atoms with E-state index < -0.39 is 0 Å². The van der Waals surface area contributed by atoms with Crippen LogP contribution in [0.5, 0.6) is 0 Å². The Morgan fingerprint density at radius 2 is 2.18 bits per heavy atom.